The molecule has 3 saturated heterocycles. The summed E-state index contributed by atoms with van der Waals surface area (Å²) in [5, 5.41) is 0. The molecule has 0 spiro atoms. The van der Waals surface area contributed by atoms with E-state index in [-0.39, 0.29) is 23.8 Å². The average Bonchev–Trinajstić information content (AvgIpc) is 2.73. The van der Waals surface area contributed by atoms with Crippen LogP contribution < -0.4 is 14.4 Å². The minimum atomic E-state index is -0.360. The summed E-state index contributed by atoms with van der Waals surface area (Å²) in [6, 6.07) is 5.23. The van der Waals surface area contributed by atoms with Crippen LogP contribution in [0.4, 0.5) is 10.2 Å². The van der Waals surface area contributed by atoms with Gasteiger partial charge in [-0.2, -0.15) is 0 Å². The molecule has 4 heterocycles. The molecule has 1 aromatic carbocycles. The Balaban J connectivity index is 1.53. The predicted octanol–water partition coefficient (Wildman–Crippen LogP) is 2.30. The number of benzene rings is 1. The third-order valence-electron chi connectivity index (χ3n) is 5.54. The summed E-state index contributed by atoms with van der Waals surface area (Å²) in [6.07, 6.45) is 2.83. The molecule has 0 aliphatic carbocycles. The lowest BCUT2D eigenvalue weighted by Gasteiger charge is -2.56. The van der Waals surface area contributed by atoms with Crippen molar-refractivity contribution in [2.45, 2.75) is 31.8 Å². The van der Waals surface area contributed by atoms with Crippen molar-refractivity contribution in [3.63, 3.8) is 0 Å². The summed E-state index contributed by atoms with van der Waals surface area (Å²) >= 11 is 0. The Bertz CT molecular complexity index is 895. The van der Waals surface area contributed by atoms with E-state index in [9.17, 15) is 9.18 Å². The van der Waals surface area contributed by atoms with Crippen LogP contribution in [0.5, 0.6) is 11.5 Å². The fraction of sp³-hybridized carbons (Fsp3) is 0.450. The SMILES string of the molecule is CCc1ncnc(N2CC3CC(C2)N3C(=O)c2ccc(OC)cc2OC)c1F. The molecule has 1 aromatic heterocycles. The average molecular weight is 386 g/mol. The minimum absolute atomic E-state index is 0.0255. The van der Waals surface area contributed by atoms with Gasteiger partial charge < -0.3 is 19.3 Å². The van der Waals surface area contributed by atoms with Crippen LogP contribution in [-0.2, 0) is 6.42 Å². The van der Waals surface area contributed by atoms with Crippen LogP contribution >= 0.6 is 0 Å². The lowest BCUT2D eigenvalue weighted by Crippen LogP contribution is -2.70. The maximum atomic E-state index is 14.6. The molecule has 2 atom stereocenters. The number of carbonyl (C=O) groups excluding carboxylic acids is 1. The maximum absolute atomic E-state index is 14.6. The molecule has 0 N–H and O–H groups in total. The topological polar surface area (TPSA) is 67.8 Å². The number of methoxy groups -OCH3 is 2. The third kappa shape index (κ3) is 2.93. The smallest absolute Gasteiger partial charge is 0.258 e. The van der Waals surface area contributed by atoms with Crippen molar-refractivity contribution in [2.24, 2.45) is 0 Å². The highest BCUT2D eigenvalue weighted by molar-refractivity contribution is 5.98. The van der Waals surface area contributed by atoms with Gasteiger partial charge in [0, 0.05) is 19.2 Å². The van der Waals surface area contributed by atoms with E-state index in [1.807, 2.05) is 16.7 Å². The van der Waals surface area contributed by atoms with Gasteiger partial charge in [-0.05, 0) is 25.0 Å². The molecular formula is C20H23FN4O3. The van der Waals surface area contributed by atoms with E-state index >= 15 is 0 Å². The van der Waals surface area contributed by atoms with E-state index in [0.717, 1.165) is 6.42 Å². The molecule has 28 heavy (non-hydrogen) atoms. The Morgan fingerprint density at radius 1 is 1.21 bits per heavy atom. The first kappa shape index (κ1) is 18.5. The Morgan fingerprint density at radius 2 is 1.96 bits per heavy atom. The van der Waals surface area contributed by atoms with E-state index in [0.29, 0.717) is 48.1 Å². The van der Waals surface area contributed by atoms with E-state index in [1.165, 1.54) is 13.4 Å². The number of rotatable bonds is 5. The van der Waals surface area contributed by atoms with Crippen LogP contribution in [0.3, 0.4) is 0 Å². The Morgan fingerprint density at radius 3 is 2.61 bits per heavy atom. The fourth-order valence-corrected chi connectivity index (χ4v) is 4.09. The molecule has 2 bridgehead atoms. The number of piperazine rings is 1. The lowest BCUT2D eigenvalue weighted by atomic mass is 9.86. The van der Waals surface area contributed by atoms with Crippen molar-refractivity contribution in [1.82, 2.24) is 14.9 Å². The summed E-state index contributed by atoms with van der Waals surface area (Å²) in [4.78, 5) is 25.1. The molecular weight excluding hydrogens is 363 g/mol. The highest BCUT2D eigenvalue weighted by Crippen LogP contribution is 2.37. The number of aromatic nitrogens is 2. The summed E-state index contributed by atoms with van der Waals surface area (Å²) in [5.74, 6) is 1.02. The zero-order chi connectivity index (χ0) is 19.8. The lowest BCUT2D eigenvalue weighted by molar-refractivity contribution is 0.00538. The van der Waals surface area contributed by atoms with Gasteiger partial charge in [-0.25, -0.2) is 14.4 Å². The molecule has 3 aliphatic rings. The first-order valence-corrected chi connectivity index (χ1v) is 9.36. The monoisotopic (exact) mass is 386 g/mol. The van der Waals surface area contributed by atoms with Crippen molar-refractivity contribution in [2.75, 3.05) is 32.2 Å². The van der Waals surface area contributed by atoms with E-state index in [2.05, 4.69) is 9.97 Å². The van der Waals surface area contributed by atoms with Gasteiger partial charge in [0.05, 0.1) is 37.6 Å². The second kappa shape index (κ2) is 7.26. The molecule has 148 valence electrons. The van der Waals surface area contributed by atoms with E-state index < -0.39 is 0 Å². The molecule has 1 amide bonds. The molecule has 2 aromatic rings. The van der Waals surface area contributed by atoms with Crippen molar-refractivity contribution in [3.8, 4) is 11.5 Å². The summed E-state index contributed by atoms with van der Waals surface area (Å²) in [6.45, 7) is 2.97. The maximum Gasteiger partial charge on any atom is 0.258 e. The first-order chi connectivity index (χ1) is 13.6. The van der Waals surface area contributed by atoms with Gasteiger partial charge in [0.1, 0.15) is 17.8 Å². The highest BCUT2D eigenvalue weighted by Gasteiger charge is 2.48. The number of hydrogen-bond acceptors (Lipinski definition) is 6. The van der Waals surface area contributed by atoms with E-state index in [4.69, 9.17) is 9.47 Å². The Labute approximate surface area is 163 Å². The van der Waals surface area contributed by atoms with Crippen molar-refractivity contribution < 1.29 is 18.7 Å². The first-order valence-electron chi connectivity index (χ1n) is 9.36. The van der Waals surface area contributed by atoms with E-state index in [1.54, 1.807) is 25.3 Å². The molecule has 3 fully saturated rings. The van der Waals surface area contributed by atoms with Gasteiger partial charge in [-0.3, -0.25) is 4.79 Å². The predicted molar refractivity (Wildman–Crippen MR) is 101 cm³/mol. The molecule has 3 aliphatic heterocycles. The zero-order valence-electron chi connectivity index (χ0n) is 16.2. The molecule has 7 nitrogen and oxygen atoms in total. The van der Waals surface area contributed by atoms with Gasteiger partial charge in [0.15, 0.2) is 11.6 Å². The highest BCUT2D eigenvalue weighted by atomic mass is 19.1. The Hall–Kier alpha value is -2.90. The number of amides is 1. The zero-order valence-corrected chi connectivity index (χ0v) is 16.2. The van der Waals surface area contributed by atoms with Crippen LogP contribution in [0.2, 0.25) is 0 Å². The van der Waals surface area contributed by atoms with Gasteiger partial charge in [0.2, 0.25) is 0 Å². The number of aryl methyl sites for hydroxylation is 1. The van der Waals surface area contributed by atoms with Crippen LogP contribution in [0, 0.1) is 5.82 Å². The van der Waals surface area contributed by atoms with Crippen LogP contribution in [0.1, 0.15) is 29.4 Å². The minimum Gasteiger partial charge on any atom is -0.497 e. The van der Waals surface area contributed by atoms with Crippen LogP contribution in [0.15, 0.2) is 24.5 Å². The third-order valence-corrected chi connectivity index (χ3v) is 5.54. The number of ether oxygens (including phenoxy) is 2. The summed E-state index contributed by atoms with van der Waals surface area (Å²) < 4.78 is 25.2. The number of nitrogens with zero attached hydrogens (tertiary/aromatic N) is 4. The molecule has 8 heteroatoms. The molecule has 0 saturated carbocycles. The van der Waals surface area contributed by atoms with Crippen molar-refractivity contribution >= 4 is 11.7 Å². The largest absolute Gasteiger partial charge is 0.497 e. The number of fused-ring (bicyclic) bond motifs is 2. The number of hydrogen-bond donors (Lipinski definition) is 0. The van der Waals surface area contributed by atoms with Crippen molar-refractivity contribution in [3.05, 3.63) is 41.6 Å². The van der Waals surface area contributed by atoms with Crippen LogP contribution in [0.25, 0.3) is 0 Å². The van der Waals surface area contributed by atoms with Crippen LogP contribution in [-0.4, -0.2) is 60.2 Å². The summed E-state index contributed by atoms with van der Waals surface area (Å²) in [5.41, 5.74) is 0.924. The van der Waals surface area contributed by atoms with Gasteiger partial charge in [-0.1, -0.05) is 6.92 Å². The van der Waals surface area contributed by atoms with Gasteiger partial charge in [0.25, 0.3) is 5.91 Å². The normalized spacial score (nSPS) is 20.6. The van der Waals surface area contributed by atoms with Crippen molar-refractivity contribution in [1.29, 1.82) is 0 Å². The standard InChI is InChI=1S/C20H23FN4O3/c1-4-16-18(21)19(23-11-22-16)24-9-12-7-13(10-24)25(12)20(26)15-6-5-14(27-2)8-17(15)28-3/h5-6,8,11-13H,4,7,9-10H2,1-3H3. The fourth-order valence-electron chi connectivity index (χ4n) is 4.09. The number of piperidine rings is 1. The summed E-state index contributed by atoms with van der Waals surface area (Å²) in [7, 11) is 3.11. The second-order valence-corrected chi connectivity index (χ2v) is 7.04. The number of anilines is 1. The molecule has 5 rings (SSSR count). The second-order valence-electron chi connectivity index (χ2n) is 7.04. The Kier molecular flexibility index (Phi) is 4.78. The molecule has 0 radical (unpaired) electrons. The van der Waals surface area contributed by atoms with Gasteiger partial charge in [-0.15, -0.1) is 0 Å². The van der Waals surface area contributed by atoms with Gasteiger partial charge >= 0.3 is 0 Å². The molecule has 2 unspecified atom stereocenters. The number of halogens is 1. The number of carbonyl (C=O) groups is 1. The quantitative estimate of drug-likeness (QED) is 0.786.